The summed E-state index contributed by atoms with van der Waals surface area (Å²) in [5, 5.41) is 12.2. The van der Waals surface area contributed by atoms with E-state index in [0.717, 1.165) is 29.8 Å². The molecular formula is C11H15NO2S. The summed E-state index contributed by atoms with van der Waals surface area (Å²) in [6.45, 7) is 1.46. The van der Waals surface area contributed by atoms with Crippen LogP contribution in [0.15, 0.2) is 18.2 Å². The molecule has 1 aromatic rings. The molecule has 0 saturated carbocycles. The summed E-state index contributed by atoms with van der Waals surface area (Å²) in [5.41, 5.74) is 1.56. The van der Waals surface area contributed by atoms with Gasteiger partial charge in [0.05, 0.1) is 0 Å². The Morgan fingerprint density at radius 3 is 2.87 bits per heavy atom. The van der Waals surface area contributed by atoms with Gasteiger partial charge in [-0.2, -0.15) is 12.6 Å². The summed E-state index contributed by atoms with van der Waals surface area (Å²) in [5.74, 6) is 0.941. The topological polar surface area (TPSA) is 49.3 Å². The number of carbonyl (C=O) groups excluding carboxylic acids is 1. The van der Waals surface area contributed by atoms with Crippen molar-refractivity contribution in [1.82, 2.24) is 0 Å². The number of benzene rings is 1. The molecule has 82 valence electrons. The molecule has 1 amide bonds. The standard InChI is InChI=1S/C11H15NO2S/c1-8(13)12-10-4-5-11(14)9(7-10)3-2-6-15/h4-5,7,14-15H,2-3,6H2,1H3,(H,12,13). The van der Waals surface area contributed by atoms with E-state index in [9.17, 15) is 9.90 Å². The highest BCUT2D eigenvalue weighted by atomic mass is 32.1. The number of hydrogen-bond donors (Lipinski definition) is 3. The summed E-state index contributed by atoms with van der Waals surface area (Å²) in [6, 6.07) is 5.07. The van der Waals surface area contributed by atoms with Gasteiger partial charge >= 0.3 is 0 Å². The van der Waals surface area contributed by atoms with Crippen molar-refractivity contribution in [3.05, 3.63) is 23.8 Å². The lowest BCUT2D eigenvalue weighted by Crippen LogP contribution is -2.05. The molecule has 0 saturated heterocycles. The van der Waals surface area contributed by atoms with Crippen LogP contribution in [-0.4, -0.2) is 16.8 Å². The Hall–Kier alpha value is -1.16. The lowest BCUT2D eigenvalue weighted by Gasteiger charge is -2.07. The zero-order chi connectivity index (χ0) is 11.3. The number of phenols is 1. The number of aromatic hydroxyl groups is 1. The molecule has 3 nitrogen and oxygen atoms in total. The molecule has 0 fully saturated rings. The molecular weight excluding hydrogens is 210 g/mol. The van der Waals surface area contributed by atoms with Crippen molar-refractivity contribution in [1.29, 1.82) is 0 Å². The van der Waals surface area contributed by atoms with E-state index in [1.165, 1.54) is 6.92 Å². The van der Waals surface area contributed by atoms with Gasteiger partial charge in [0.15, 0.2) is 0 Å². The van der Waals surface area contributed by atoms with Crippen LogP contribution in [-0.2, 0) is 11.2 Å². The van der Waals surface area contributed by atoms with Crippen LogP contribution < -0.4 is 5.32 Å². The molecule has 0 radical (unpaired) electrons. The first-order valence-electron chi connectivity index (χ1n) is 4.84. The molecule has 0 aliphatic carbocycles. The monoisotopic (exact) mass is 225 g/mol. The fourth-order valence-corrected chi connectivity index (χ4v) is 1.49. The predicted octanol–water partition coefficient (Wildman–Crippen LogP) is 2.21. The Balaban J connectivity index is 2.79. The third-order valence-electron chi connectivity index (χ3n) is 2.00. The molecule has 0 bridgehead atoms. The van der Waals surface area contributed by atoms with Crippen LogP contribution in [0.4, 0.5) is 5.69 Å². The van der Waals surface area contributed by atoms with E-state index in [0.29, 0.717) is 0 Å². The van der Waals surface area contributed by atoms with E-state index in [2.05, 4.69) is 17.9 Å². The maximum absolute atomic E-state index is 10.8. The largest absolute Gasteiger partial charge is 0.508 e. The van der Waals surface area contributed by atoms with Gasteiger partial charge < -0.3 is 10.4 Å². The number of carbonyl (C=O) groups is 1. The van der Waals surface area contributed by atoms with Crippen molar-refractivity contribution in [3.8, 4) is 5.75 Å². The van der Waals surface area contributed by atoms with Crippen molar-refractivity contribution in [2.75, 3.05) is 11.1 Å². The van der Waals surface area contributed by atoms with Crippen LogP contribution in [0.5, 0.6) is 5.75 Å². The molecule has 1 aromatic carbocycles. The number of hydrogen-bond acceptors (Lipinski definition) is 3. The Kier molecular flexibility index (Phi) is 4.49. The normalized spacial score (nSPS) is 10.0. The molecule has 4 heteroatoms. The number of amides is 1. The highest BCUT2D eigenvalue weighted by Gasteiger charge is 2.03. The molecule has 0 aliphatic rings. The first kappa shape index (κ1) is 11.9. The number of aryl methyl sites for hydroxylation is 1. The maximum Gasteiger partial charge on any atom is 0.221 e. The zero-order valence-electron chi connectivity index (χ0n) is 8.66. The summed E-state index contributed by atoms with van der Waals surface area (Å²) in [7, 11) is 0. The van der Waals surface area contributed by atoms with Crippen molar-refractivity contribution in [2.45, 2.75) is 19.8 Å². The minimum absolute atomic E-state index is 0.110. The summed E-state index contributed by atoms with van der Waals surface area (Å²) >= 11 is 4.12. The fourth-order valence-electron chi connectivity index (χ4n) is 1.34. The van der Waals surface area contributed by atoms with Gasteiger partial charge in [-0.3, -0.25) is 4.79 Å². The minimum Gasteiger partial charge on any atom is -0.508 e. The number of rotatable bonds is 4. The molecule has 0 atom stereocenters. The number of thiol groups is 1. The van der Waals surface area contributed by atoms with Crippen LogP contribution in [0.3, 0.4) is 0 Å². The van der Waals surface area contributed by atoms with Gasteiger partial charge in [-0.05, 0) is 42.4 Å². The van der Waals surface area contributed by atoms with Gasteiger partial charge in [-0.15, -0.1) is 0 Å². The molecule has 2 N–H and O–H groups in total. The van der Waals surface area contributed by atoms with E-state index < -0.39 is 0 Å². The quantitative estimate of drug-likeness (QED) is 0.543. The number of phenolic OH excluding ortho intramolecular Hbond substituents is 1. The van der Waals surface area contributed by atoms with Gasteiger partial charge in [0.25, 0.3) is 0 Å². The van der Waals surface area contributed by atoms with E-state index in [4.69, 9.17) is 0 Å². The Morgan fingerprint density at radius 1 is 1.53 bits per heavy atom. The van der Waals surface area contributed by atoms with E-state index in [1.54, 1.807) is 18.2 Å². The van der Waals surface area contributed by atoms with Crippen LogP contribution in [0.2, 0.25) is 0 Å². The summed E-state index contributed by atoms with van der Waals surface area (Å²) < 4.78 is 0. The highest BCUT2D eigenvalue weighted by molar-refractivity contribution is 7.80. The maximum atomic E-state index is 10.8. The fraction of sp³-hybridized carbons (Fsp3) is 0.364. The SMILES string of the molecule is CC(=O)Nc1ccc(O)c(CCCS)c1. The molecule has 15 heavy (non-hydrogen) atoms. The van der Waals surface area contributed by atoms with Crippen molar-refractivity contribution >= 4 is 24.2 Å². The van der Waals surface area contributed by atoms with Crippen LogP contribution in [0, 0.1) is 0 Å². The lowest BCUT2D eigenvalue weighted by atomic mass is 10.1. The van der Waals surface area contributed by atoms with Gasteiger partial charge in [-0.1, -0.05) is 0 Å². The highest BCUT2D eigenvalue weighted by Crippen LogP contribution is 2.22. The summed E-state index contributed by atoms with van der Waals surface area (Å²) in [6.07, 6.45) is 1.67. The number of anilines is 1. The number of nitrogens with one attached hydrogen (secondary N) is 1. The Labute approximate surface area is 94.9 Å². The van der Waals surface area contributed by atoms with Crippen LogP contribution in [0.1, 0.15) is 18.9 Å². The Morgan fingerprint density at radius 2 is 2.27 bits per heavy atom. The lowest BCUT2D eigenvalue weighted by molar-refractivity contribution is -0.114. The van der Waals surface area contributed by atoms with Gasteiger partial charge in [0.2, 0.25) is 5.91 Å². The second-order valence-electron chi connectivity index (χ2n) is 3.35. The molecule has 0 heterocycles. The zero-order valence-corrected chi connectivity index (χ0v) is 9.55. The van der Waals surface area contributed by atoms with Crippen LogP contribution in [0.25, 0.3) is 0 Å². The van der Waals surface area contributed by atoms with Gasteiger partial charge in [0, 0.05) is 12.6 Å². The van der Waals surface area contributed by atoms with Gasteiger partial charge in [0.1, 0.15) is 5.75 Å². The smallest absolute Gasteiger partial charge is 0.221 e. The van der Waals surface area contributed by atoms with Crippen molar-refractivity contribution in [2.24, 2.45) is 0 Å². The second kappa shape index (κ2) is 5.66. The van der Waals surface area contributed by atoms with E-state index in [-0.39, 0.29) is 11.7 Å². The minimum atomic E-state index is -0.110. The third kappa shape index (κ3) is 3.83. The molecule has 0 spiro atoms. The van der Waals surface area contributed by atoms with Crippen molar-refractivity contribution < 1.29 is 9.90 Å². The van der Waals surface area contributed by atoms with E-state index in [1.807, 2.05) is 0 Å². The first-order valence-corrected chi connectivity index (χ1v) is 5.47. The molecule has 1 rings (SSSR count). The van der Waals surface area contributed by atoms with Crippen molar-refractivity contribution in [3.63, 3.8) is 0 Å². The molecule has 0 unspecified atom stereocenters. The molecule has 0 aliphatic heterocycles. The average Bonchev–Trinajstić information content (AvgIpc) is 2.18. The second-order valence-corrected chi connectivity index (χ2v) is 3.80. The predicted molar refractivity (Wildman–Crippen MR) is 64.6 cm³/mol. The van der Waals surface area contributed by atoms with Crippen LogP contribution >= 0.6 is 12.6 Å². The summed E-state index contributed by atoms with van der Waals surface area (Å²) in [4.78, 5) is 10.8. The average molecular weight is 225 g/mol. The first-order chi connectivity index (χ1) is 7.13. The third-order valence-corrected chi connectivity index (χ3v) is 2.32. The molecule has 0 aromatic heterocycles. The Bertz CT molecular complexity index is 352. The van der Waals surface area contributed by atoms with Gasteiger partial charge in [-0.25, -0.2) is 0 Å². The van der Waals surface area contributed by atoms with E-state index >= 15 is 0 Å².